The van der Waals surface area contributed by atoms with Gasteiger partial charge >= 0.3 is 11.9 Å². The summed E-state index contributed by atoms with van der Waals surface area (Å²) in [4.78, 5) is 23.3. The lowest BCUT2D eigenvalue weighted by Crippen LogP contribution is -2.34. The first-order valence-electron chi connectivity index (χ1n) is 7.12. The van der Waals surface area contributed by atoms with Gasteiger partial charge in [-0.2, -0.15) is 0 Å². The van der Waals surface area contributed by atoms with Gasteiger partial charge in [-0.05, 0) is 53.4 Å². The summed E-state index contributed by atoms with van der Waals surface area (Å²) in [6.07, 6.45) is 5.44. The van der Waals surface area contributed by atoms with Gasteiger partial charge in [0.05, 0.1) is 11.8 Å². The maximum absolute atomic E-state index is 11.7. The fraction of sp³-hybridized carbons (Fsp3) is 0.867. The van der Waals surface area contributed by atoms with E-state index < -0.39 is 5.41 Å². The zero-order chi connectivity index (χ0) is 14.5. The molecule has 4 nitrogen and oxygen atoms in total. The summed E-state index contributed by atoms with van der Waals surface area (Å²) in [5.41, 5.74) is -0.845. The monoisotopic (exact) mass is 270 g/mol. The normalized spacial score (nSPS) is 18.7. The maximum atomic E-state index is 11.7. The van der Waals surface area contributed by atoms with E-state index in [1.165, 1.54) is 6.42 Å². The molecule has 0 unspecified atom stereocenters. The molecule has 0 atom stereocenters. The highest BCUT2D eigenvalue weighted by Gasteiger charge is 2.30. The molecular weight excluding hydrogens is 244 g/mol. The van der Waals surface area contributed by atoms with Gasteiger partial charge in [-0.25, -0.2) is 0 Å². The maximum Gasteiger partial charge on any atom is 0.311 e. The first-order chi connectivity index (χ1) is 8.73. The van der Waals surface area contributed by atoms with Crippen LogP contribution in [0.15, 0.2) is 0 Å². The van der Waals surface area contributed by atoms with Gasteiger partial charge in [0.1, 0.15) is 12.2 Å². The summed E-state index contributed by atoms with van der Waals surface area (Å²) in [5, 5.41) is 0. The topological polar surface area (TPSA) is 52.6 Å². The Morgan fingerprint density at radius 3 is 2.21 bits per heavy atom. The molecule has 4 heteroatoms. The van der Waals surface area contributed by atoms with Crippen LogP contribution in [-0.2, 0) is 19.1 Å². The van der Waals surface area contributed by atoms with Crippen LogP contribution in [-0.4, -0.2) is 24.1 Å². The third kappa shape index (κ3) is 5.62. The highest BCUT2D eigenvalue weighted by atomic mass is 16.6. The van der Waals surface area contributed by atoms with E-state index in [1.807, 2.05) is 6.92 Å². The molecule has 0 aromatic rings. The Morgan fingerprint density at radius 2 is 1.68 bits per heavy atom. The van der Waals surface area contributed by atoms with Gasteiger partial charge in [0, 0.05) is 0 Å². The van der Waals surface area contributed by atoms with E-state index in [-0.39, 0.29) is 30.6 Å². The zero-order valence-electron chi connectivity index (χ0n) is 12.6. The SMILES string of the molecule is CC1(OC(=O)CCOC(=O)C(C)(C)C)CCCCC1. The fourth-order valence-electron chi connectivity index (χ4n) is 2.17. The van der Waals surface area contributed by atoms with Crippen molar-refractivity contribution in [1.82, 2.24) is 0 Å². The van der Waals surface area contributed by atoms with E-state index in [2.05, 4.69) is 0 Å². The van der Waals surface area contributed by atoms with E-state index in [9.17, 15) is 9.59 Å². The van der Waals surface area contributed by atoms with Gasteiger partial charge in [0.15, 0.2) is 0 Å². The predicted molar refractivity (Wildman–Crippen MR) is 72.6 cm³/mol. The lowest BCUT2D eigenvalue weighted by Gasteiger charge is -2.33. The van der Waals surface area contributed by atoms with Crippen LogP contribution in [0.1, 0.15) is 66.2 Å². The van der Waals surface area contributed by atoms with Crippen molar-refractivity contribution >= 4 is 11.9 Å². The lowest BCUT2D eigenvalue weighted by atomic mass is 9.86. The lowest BCUT2D eigenvalue weighted by molar-refractivity contribution is -0.164. The minimum absolute atomic E-state index is 0.102. The summed E-state index contributed by atoms with van der Waals surface area (Å²) >= 11 is 0. The quantitative estimate of drug-likeness (QED) is 0.736. The third-order valence-electron chi connectivity index (χ3n) is 3.42. The van der Waals surface area contributed by atoms with Crippen molar-refractivity contribution in [2.45, 2.75) is 71.8 Å². The standard InChI is InChI=1S/C15H26O4/c1-14(2,3)13(17)18-11-8-12(16)19-15(4)9-6-5-7-10-15/h5-11H2,1-4H3. The molecule has 1 rings (SSSR count). The smallest absolute Gasteiger partial charge is 0.311 e. The Kier molecular flexibility index (Phi) is 5.39. The Bertz CT molecular complexity index is 322. The molecule has 0 aromatic heterocycles. The summed E-state index contributed by atoms with van der Waals surface area (Å²) in [7, 11) is 0. The molecule has 1 aliphatic carbocycles. The van der Waals surface area contributed by atoms with Gasteiger partial charge in [-0.3, -0.25) is 9.59 Å². The molecule has 110 valence electrons. The summed E-state index contributed by atoms with van der Waals surface area (Å²) < 4.78 is 10.6. The number of rotatable bonds is 4. The largest absolute Gasteiger partial charge is 0.465 e. The third-order valence-corrected chi connectivity index (χ3v) is 3.42. The van der Waals surface area contributed by atoms with Crippen molar-refractivity contribution < 1.29 is 19.1 Å². The van der Waals surface area contributed by atoms with Gasteiger partial charge < -0.3 is 9.47 Å². The predicted octanol–water partition coefficient (Wildman–Crippen LogP) is 3.23. The summed E-state index contributed by atoms with van der Waals surface area (Å²) in [6.45, 7) is 7.46. The van der Waals surface area contributed by atoms with E-state index in [0.717, 1.165) is 25.7 Å². The molecule has 0 spiro atoms. The number of hydrogen-bond donors (Lipinski definition) is 0. The second kappa shape index (κ2) is 6.40. The first-order valence-corrected chi connectivity index (χ1v) is 7.12. The van der Waals surface area contributed by atoms with Crippen LogP contribution in [0.2, 0.25) is 0 Å². The molecule has 0 aromatic carbocycles. The Hall–Kier alpha value is -1.06. The second-order valence-corrected chi connectivity index (χ2v) is 6.62. The first kappa shape index (κ1) is 16.0. The minimum Gasteiger partial charge on any atom is -0.465 e. The van der Waals surface area contributed by atoms with Crippen LogP contribution < -0.4 is 0 Å². The van der Waals surface area contributed by atoms with Crippen LogP contribution in [0.5, 0.6) is 0 Å². The number of esters is 2. The summed E-state index contributed by atoms with van der Waals surface area (Å²) in [5.74, 6) is -0.560. The highest BCUT2D eigenvalue weighted by Crippen LogP contribution is 2.31. The van der Waals surface area contributed by atoms with Crippen LogP contribution in [0.4, 0.5) is 0 Å². The van der Waals surface area contributed by atoms with Crippen molar-refractivity contribution in [3.05, 3.63) is 0 Å². The summed E-state index contributed by atoms with van der Waals surface area (Å²) in [6, 6.07) is 0. The number of ether oxygens (including phenoxy) is 2. The van der Waals surface area contributed by atoms with Crippen LogP contribution in [0.25, 0.3) is 0 Å². The molecule has 0 radical (unpaired) electrons. The number of carbonyl (C=O) groups is 2. The van der Waals surface area contributed by atoms with Crippen molar-refractivity contribution in [3.63, 3.8) is 0 Å². The van der Waals surface area contributed by atoms with Gasteiger partial charge in [0.2, 0.25) is 0 Å². The average Bonchev–Trinajstić information content (AvgIpc) is 2.27. The Morgan fingerprint density at radius 1 is 1.11 bits per heavy atom. The molecule has 0 amide bonds. The minimum atomic E-state index is -0.529. The van der Waals surface area contributed by atoms with Crippen molar-refractivity contribution in [1.29, 1.82) is 0 Å². The molecule has 0 N–H and O–H groups in total. The molecule has 19 heavy (non-hydrogen) atoms. The number of carbonyl (C=O) groups excluding carboxylic acids is 2. The van der Waals surface area contributed by atoms with E-state index in [0.29, 0.717) is 0 Å². The molecule has 0 heterocycles. The number of hydrogen-bond acceptors (Lipinski definition) is 4. The molecule has 0 aliphatic heterocycles. The molecular formula is C15H26O4. The second-order valence-electron chi connectivity index (χ2n) is 6.62. The molecule has 1 aliphatic rings. The van der Waals surface area contributed by atoms with Crippen LogP contribution in [0.3, 0.4) is 0 Å². The highest BCUT2D eigenvalue weighted by molar-refractivity contribution is 5.76. The molecule has 0 bridgehead atoms. The van der Waals surface area contributed by atoms with E-state index >= 15 is 0 Å². The van der Waals surface area contributed by atoms with Crippen molar-refractivity contribution in [2.75, 3.05) is 6.61 Å². The van der Waals surface area contributed by atoms with Gasteiger partial charge in [0.25, 0.3) is 0 Å². The fourth-order valence-corrected chi connectivity index (χ4v) is 2.17. The van der Waals surface area contributed by atoms with Gasteiger partial charge in [-0.15, -0.1) is 0 Å². The van der Waals surface area contributed by atoms with Gasteiger partial charge in [-0.1, -0.05) is 6.42 Å². The Labute approximate surface area is 115 Å². The molecule has 0 saturated heterocycles. The van der Waals surface area contributed by atoms with E-state index in [4.69, 9.17) is 9.47 Å². The van der Waals surface area contributed by atoms with Crippen molar-refractivity contribution in [2.24, 2.45) is 5.41 Å². The van der Waals surface area contributed by atoms with Crippen LogP contribution >= 0.6 is 0 Å². The zero-order valence-corrected chi connectivity index (χ0v) is 12.6. The van der Waals surface area contributed by atoms with Crippen molar-refractivity contribution in [3.8, 4) is 0 Å². The average molecular weight is 270 g/mol. The van der Waals surface area contributed by atoms with E-state index in [1.54, 1.807) is 20.8 Å². The Balaban J connectivity index is 2.26. The van der Waals surface area contributed by atoms with Crippen LogP contribution in [0, 0.1) is 5.41 Å². The molecule has 1 saturated carbocycles. The molecule has 1 fully saturated rings.